The molecule has 0 rings (SSSR count). The summed E-state index contributed by atoms with van der Waals surface area (Å²) in [6.45, 7) is 4.42. The number of esters is 1. The van der Waals surface area contributed by atoms with Crippen molar-refractivity contribution in [3.63, 3.8) is 0 Å². The zero-order chi connectivity index (χ0) is 33.6. The number of carboxylic acids is 1. The van der Waals surface area contributed by atoms with E-state index in [0.717, 1.165) is 89.9 Å². The molecule has 0 aliphatic carbocycles. The van der Waals surface area contributed by atoms with E-state index >= 15 is 0 Å². The van der Waals surface area contributed by atoms with Crippen LogP contribution in [0.25, 0.3) is 0 Å². The molecule has 0 aliphatic heterocycles. The summed E-state index contributed by atoms with van der Waals surface area (Å²) in [5.41, 5.74) is 0. The maximum Gasteiger partial charge on any atom is 0.306 e. The highest BCUT2D eigenvalue weighted by atomic mass is 16.5. The normalized spacial score (nSPS) is 12.9. The zero-order valence-corrected chi connectivity index (χ0v) is 30.1. The van der Waals surface area contributed by atoms with Gasteiger partial charge >= 0.3 is 11.9 Å². The fraction of sp³-hybridized carbons (Fsp3) is 0.714. The first-order valence-electron chi connectivity index (χ1n) is 19.3. The molecule has 4 heteroatoms. The first-order valence-corrected chi connectivity index (χ1v) is 19.3. The van der Waals surface area contributed by atoms with Gasteiger partial charge < -0.3 is 9.84 Å². The maximum absolute atomic E-state index is 12.6. The number of hydrogen-bond acceptors (Lipinski definition) is 3. The standard InChI is InChI=1S/C42H72O4/c1-3-5-7-9-11-13-15-16-17-18-19-20-21-22-24-26-28-30-35-39-42(45)46-40(37-33-31-34-38-41(43)44)36-32-29-27-25-23-14-12-10-8-6-4-2/h5,7,11,13,16-17,19-20,22,24,40H,3-4,6,8-10,12,14-15,18,21,23,25-39H2,1-2H3,(H,43,44)/b7-5-,13-11-,17-16-,20-19-,24-22-. The van der Waals surface area contributed by atoms with E-state index in [2.05, 4.69) is 74.6 Å². The van der Waals surface area contributed by atoms with Crippen LogP contribution in [0.4, 0.5) is 0 Å². The molecule has 0 amide bonds. The predicted molar refractivity (Wildman–Crippen MR) is 199 cm³/mol. The molecular weight excluding hydrogens is 568 g/mol. The molecule has 0 saturated carbocycles. The third kappa shape index (κ3) is 36.1. The summed E-state index contributed by atoms with van der Waals surface area (Å²) in [5, 5.41) is 8.88. The molecule has 1 unspecified atom stereocenters. The van der Waals surface area contributed by atoms with E-state index in [1.165, 1.54) is 64.2 Å². The first-order chi connectivity index (χ1) is 22.6. The van der Waals surface area contributed by atoms with Crippen LogP contribution in [0.5, 0.6) is 0 Å². The number of aliphatic carboxylic acids is 1. The van der Waals surface area contributed by atoms with Gasteiger partial charge in [-0.05, 0) is 83.5 Å². The lowest BCUT2D eigenvalue weighted by Gasteiger charge is -2.18. The van der Waals surface area contributed by atoms with Crippen LogP contribution < -0.4 is 0 Å². The fourth-order valence-electron chi connectivity index (χ4n) is 5.45. The second-order valence-corrected chi connectivity index (χ2v) is 12.7. The number of rotatable bonds is 34. The Morgan fingerprint density at radius 3 is 1.41 bits per heavy atom. The van der Waals surface area contributed by atoms with Crippen LogP contribution in [-0.2, 0) is 14.3 Å². The van der Waals surface area contributed by atoms with Crippen LogP contribution in [0.3, 0.4) is 0 Å². The first kappa shape index (κ1) is 43.6. The summed E-state index contributed by atoms with van der Waals surface area (Å²) in [7, 11) is 0. The summed E-state index contributed by atoms with van der Waals surface area (Å²) in [4.78, 5) is 23.4. The van der Waals surface area contributed by atoms with Gasteiger partial charge in [0.1, 0.15) is 6.10 Å². The Kier molecular flexibility index (Phi) is 35.2. The topological polar surface area (TPSA) is 63.6 Å². The summed E-state index contributed by atoms with van der Waals surface area (Å²) in [6, 6.07) is 0. The van der Waals surface area contributed by atoms with E-state index in [9.17, 15) is 9.59 Å². The van der Waals surface area contributed by atoms with Crippen molar-refractivity contribution < 1.29 is 19.4 Å². The van der Waals surface area contributed by atoms with Gasteiger partial charge in [0.15, 0.2) is 0 Å². The third-order valence-corrected chi connectivity index (χ3v) is 8.25. The molecule has 46 heavy (non-hydrogen) atoms. The van der Waals surface area contributed by atoms with Gasteiger partial charge in [-0.25, -0.2) is 0 Å². The van der Waals surface area contributed by atoms with E-state index < -0.39 is 5.97 Å². The number of carbonyl (C=O) groups is 2. The lowest BCUT2D eigenvalue weighted by atomic mass is 10.0. The molecule has 0 heterocycles. The van der Waals surface area contributed by atoms with Crippen molar-refractivity contribution >= 4 is 11.9 Å². The zero-order valence-electron chi connectivity index (χ0n) is 30.1. The lowest BCUT2D eigenvalue weighted by Crippen LogP contribution is -2.18. The van der Waals surface area contributed by atoms with Gasteiger partial charge in [-0.2, -0.15) is 0 Å². The van der Waals surface area contributed by atoms with Crippen LogP contribution in [0.1, 0.15) is 187 Å². The molecule has 0 radical (unpaired) electrons. The van der Waals surface area contributed by atoms with Gasteiger partial charge in [-0.15, -0.1) is 0 Å². The number of hydrogen-bond donors (Lipinski definition) is 1. The highest BCUT2D eigenvalue weighted by Gasteiger charge is 2.14. The van der Waals surface area contributed by atoms with E-state index in [-0.39, 0.29) is 18.5 Å². The average Bonchev–Trinajstić information content (AvgIpc) is 3.04. The second kappa shape index (κ2) is 37.1. The van der Waals surface area contributed by atoms with Crippen molar-refractivity contribution in [2.45, 2.75) is 193 Å². The van der Waals surface area contributed by atoms with Gasteiger partial charge in [0.2, 0.25) is 0 Å². The minimum atomic E-state index is -0.731. The molecule has 0 fully saturated rings. The van der Waals surface area contributed by atoms with E-state index in [1.807, 2.05) is 0 Å². The number of carboxylic acid groups (broad SMARTS) is 1. The minimum Gasteiger partial charge on any atom is -0.481 e. The van der Waals surface area contributed by atoms with E-state index in [4.69, 9.17) is 9.84 Å². The largest absolute Gasteiger partial charge is 0.481 e. The molecule has 0 saturated heterocycles. The van der Waals surface area contributed by atoms with Crippen LogP contribution in [0, 0.1) is 0 Å². The van der Waals surface area contributed by atoms with E-state index in [1.54, 1.807) is 0 Å². The van der Waals surface area contributed by atoms with Crippen molar-refractivity contribution in [3.8, 4) is 0 Å². The Morgan fingerprint density at radius 1 is 0.500 bits per heavy atom. The van der Waals surface area contributed by atoms with Gasteiger partial charge in [0.05, 0.1) is 0 Å². The highest BCUT2D eigenvalue weighted by Crippen LogP contribution is 2.18. The number of ether oxygens (including phenoxy) is 1. The van der Waals surface area contributed by atoms with Crippen molar-refractivity contribution in [1.82, 2.24) is 0 Å². The monoisotopic (exact) mass is 641 g/mol. The molecule has 0 bridgehead atoms. The van der Waals surface area contributed by atoms with Crippen molar-refractivity contribution in [3.05, 3.63) is 60.8 Å². The molecular formula is C42H72O4. The maximum atomic E-state index is 12.6. The average molecular weight is 641 g/mol. The quantitative estimate of drug-likeness (QED) is 0.0432. The van der Waals surface area contributed by atoms with Crippen LogP contribution in [-0.4, -0.2) is 23.1 Å². The number of allylic oxidation sites excluding steroid dienone is 10. The molecule has 0 aromatic rings. The van der Waals surface area contributed by atoms with Gasteiger partial charge in [-0.3, -0.25) is 9.59 Å². The second-order valence-electron chi connectivity index (χ2n) is 12.7. The third-order valence-electron chi connectivity index (χ3n) is 8.25. The number of carbonyl (C=O) groups excluding carboxylic acids is 1. The predicted octanol–water partition coefficient (Wildman–Crippen LogP) is 13.3. The van der Waals surface area contributed by atoms with Gasteiger partial charge in [-0.1, -0.05) is 152 Å². The molecule has 0 aromatic carbocycles. The molecule has 1 N–H and O–H groups in total. The molecule has 4 nitrogen and oxygen atoms in total. The van der Waals surface area contributed by atoms with Crippen molar-refractivity contribution in [2.75, 3.05) is 0 Å². The Balaban J connectivity index is 4.03. The summed E-state index contributed by atoms with van der Waals surface area (Å²) >= 11 is 0. The molecule has 0 spiro atoms. The molecule has 0 aromatic heterocycles. The Hall–Kier alpha value is -2.36. The van der Waals surface area contributed by atoms with Gasteiger partial charge in [0, 0.05) is 12.8 Å². The Labute approximate surface area is 284 Å². The molecule has 0 aliphatic rings. The molecule has 264 valence electrons. The molecule has 1 atom stereocenters. The van der Waals surface area contributed by atoms with Crippen LogP contribution >= 0.6 is 0 Å². The SMILES string of the molecule is CC/C=C\C/C=C\C/C=C\C/C=C\C/C=C\CCCCCC(=O)OC(CCCCCCCCCCCCC)CCCCCC(=O)O. The Morgan fingerprint density at radius 2 is 0.913 bits per heavy atom. The Bertz CT molecular complexity index is 820. The van der Waals surface area contributed by atoms with Crippen molar-refractivity contribution in [1.29, 1.82) is 0 Å². The van der Waals surface area contributed by atoms with Crippen molar-refractivity contribution in [2.24, 2.45) is 0 Å². The number of unbranched alkanes of at least 4 members (excludes halogenated alkanes) is 15. The summed E-state index contributed by atoms with van der Waals surface area (Å²) in [5.74, 6) is -0.793. The minimum absolute atomic E-state index is 0.0165. The summed E-state index contributed by atoms with van der Waals surface area (Å²) in [6.07, 6.45) is 50.9. The van der Waals surface area contributed by atoms with E-state index in [0.29, 0.717) is 12.8 Å². The smallest absolute Gasteiger partial charge is 0.306 e. The highest BCUT2D eigenvalue weighted by molar-refractivity contribution is 5.69. The van der Waals surface area contributed by atoms with Gasteiger partial charge in [0.25, 0.3) is 0 Å². The lowest BCUT2D eigenvalue weighted by molar-refractivity contribution is -0.150. The fourth-order valence-corrected chi connectivity index (χ4v) is 5.45. The van der Waals surface area contributed by atoms with Crippen LogP contribution in [0.2, 0.25) is 0 Å². The van der Waals surface area contributed by atoms with Crippen LogP contribution in [0.15, 0.2) is 60.8 Å². The summed E-state index contributed by atoms with van der Waals surface area (Å²) < 4.78 is 5.92.